The van der Waals surface area contributed by atoms with E-state index in [0.29, 0.717) is 25.7 Å². The SMILES string of the molecule is CCCCCCCCCCCCCCC(=O)NCCN(CCNC(=O)CCCCCCCCCCCCCC)C(=O)CCC(=O)N[C@@H](CCCN=C(N)N)C(=O)N[C@@H](CCCN=C(N)N)C(N)=O.O=C(O)C(F)(F)F.O=C(O)C(F)(F)F. The Bertz CT molecular complexity index is 1750. The van der Waals surface area contributed by atoms with Crippen molar-refractivity contribution >= 4 is 59.3 Å². The van der Waals surface area contributed by atoms with Gasteiger partial charge in [0, 0.05) is 65.0 Å². The molecule has 478 valence electrons. The first-order valence-corrected chi connectivity index (χ1v) is 29.1. The zero-order valence-electron chi connectivity index (χ0n) is 48.7. The Balaban J connectivity index is -0.00000391. The quantitative estimate of drug-likeness (QED) is 0.0129. The number of hydrogen-bond acceptors (Lipinski definition) is 10. The van der Waals surface area contributed by atoms with Gasteiger partial charge < -0.3 is 65.0 Å². The molecule has 22 nitrogen and oxygen atoms in total. The van der Waals surface area contributed by atoms with E-state index in [1.807, 2.05) is 0 Å². The highest BCUT2D eigenvalue weighted by Gasteiger charge is 2.39. The number of nitrogens with zero attached hydrogens (tertiary/aromatic N) is 3. The van der Waals surface area contributed by atoms with E-state index < -0.39 is 54.1 Å². The highest BCUT2D eigenvalue weighted by atomic mass is 19.4. The predicted molar refractivity (Wildman–Crippen MR) is 303 cm³/mol. The zero-order chi connectivity index (χ0) is 62.6. The molecule has 0 aromatic carbocycles. The number of hydrogen-bond donors (Lipinski definition) is 11. The summed E-state index contributed by atoms with van der Waals surface area (Å²) in [6.07, 6.45) is 20.3. The van der Waals surface area contributed by atoms with Crippen LogP contribution in [0, 0.1) is 0 Å². The highest BCUT2D eigenvalue weighted by molar-refractivity contribution is 5.92. The number of carboxylic acid groups (broad SMARTS) is 2. The number of halogens is 6. The van der Waals surface area contributed by atoms with Crippen LogP contribution in [0.4, 0.5) is 26.3 Å². The van der Waals surface area contributed by atoms with Crippen molar-refractivity contribution in [2.24, 2.45) is 38.7 Å². The minimum absolute atomic E-state index is 0.0731. The van der Waals surface area contributed by atoms with Crippen LogP contribution >= 0.6 is 0 Å². The average molecular weight is 1190 g/mol. The zero-order valence-corrected chi connectivity index (χ0v) is 48.7. The van der Waals surface area contributed by atoms with Crippen LogP contribution < -0.4 is 49.9 Å². The minimum Gasteiger partial charge on any atom is -0.475 e. The maximum absolute atomic E-state index is 13.6. The van der Waals surface area contributed by atoms with Gasteiger partial charge in [-0.2, -0.15) is 26.3 Å². The molecule has 0 heterocycles. The van der Waals surface area contributed by atoms with E-state index in [2.05, 4.69) is 45.1 Å². The Labute approximate surface area is 480 Å². The summed E-state index contributed by atoms with van der Waals surface area (Å²) < 4.78 is 63.5. The van der Waals surface area contributed by atoms with Crippen molar-refractivity contribution in [1.29, 1.82) is 0 Å². The van der Waals surface area contributed by atoms with E-state index in [0.717, 1.165) is 38.5 Å². The van der Waals surface area contributed by atoms with Gasteiger partial charge in [0.05, 0.1) is 0 Å². The van der Waals surface area contributed by atoms with Crippen LogP contribution in [0.2, 0.25) is 0 Å². The van der Waals surface area contributed by atoms with Gasteiger partial charge in [-0.05, 0) is 38.5 Å². The maximum atomic E-state index is 13.6. The van der Waals surface area contributed by atoms with Crippen LogP contribution in [0.5, 0.6) is 0 Å². The second kappa shape index (κ2) is 51.7. The van der Waals surface area contributed by atoms with Gasteiger partial charge in [0.25, 0.3) is 0 Å². The molecule has 28 heteroatoms. The molecule has 0 rings (SSSR count). The third-order valence-electron chi connectivity index (χ3n) is 12.5. The first-order valence-electron chi connectivity index (χ1n) is 29.1. The molecule has 0 saturated heterocycles. The van der Waals surface area contributed by atoms with Crippen LogP contribution in [0.1, 0.15) is 219 Å². The fraction of sp³-hybridized carbons (Fsp3) is 0.815. The predicted octanol–water partition coefficient (Wildman–Crippen LogP) is 6.84. The van der Waals surface area contributed by atoms with Gasteiger partial charge in [-0.1, -0.05) is 155 Å². The molecule has 0 aliphatic rings. The lowest BCUT2D eigenvalue weighted by Gasteiger charge is -2.24. The van der Waals surface area contributed by atoms with Gasteiger partial charge in [0.2, 0.25) is 35.4 Å². The van der Waals surface area contributed by atoms with Crippen molar-refractivity contribution in [3.8, 4) is 0 Å². The van der Waals surface area contributed by atoms with E-state index in [1.54, 1.807) is 4.90 Å². The number of aliphatic carboxylic acids is 2. The van der Waals surface area contributed by atoms with Gasteiger partial charge >= 0.3 is 24.3 Å². The molecule has 0 unspecified atom stereocenters. The molecule has 0 radical (unpaired) electrons. The molecule has 0 aromatic heterocycles. The van der Waals surface area contributed by atoms with Crippen molar-refractivity contribution in [3.63, 3.8) is 0 Å². The molecule has 16 N–H and O–H groups in total. The minimum atomic E-state index is -5.08. The molecule has 6 amide bonds. The lowest BCUT2D eigenvalue weighted by molar-refractivity contribution is -0.193. The van der Waals surface area contributed by atoms with E-state index >= 15 is 0 Å². The van der Waals surface area contributed by atoms with Crippen molar-refractivity contribution in [1.82, 2.24) is 26.2 Å². The summed E-state index contributed by atoms with van der Waals surface area (Å²) >= 11 is 0. The van der Waals surface area contributed by atoms with Crippen LogP contribution in [0.3, 0.4) is 0 Å². The number of carboxylic acids is 2. The van der Waals surface area contributed by atoms with Crippen LogP contribution in [-0.2, 0) is 38.4 Å². The topological polar surface area (TPSA) is 383 Å². The second-order valence-electron chi connectivity index (χ2n) is 19.9. The molecule has 0 bridgehead atoms. The molecule has 0 aliphatic carbocycles. The maximum Gasteiger partial charge on any atom is 0.490 e. The van der Waals surface area contributed by atoms with Crippen LogP contribution in [-0.4, -0.2) is 138 Å². The molecular weight excluding hydrogens is 1090 g/mol. The number of rotatable bonds is 47. The largest absolute Gasteiger partial charge is 0.490 e. The molecule has 0 saturated carbocycles. The number of carbonyl (C=O) groups is 8. The van der Waals surface area contributed by atoms with Crippen molar-refractivity contribution in [2.45, 2.75) is 244 Å². The van der Waals surface area contributed by atoms with Crippen LogP contribution in [0.15, 0.2) is 9.98 Å². The molecule has 82 heavy (non-hydrogen) atoms. The summed E-state index contributed by atoms with van der Waals surface area (Å²) in [4.78, 5) is 105. The number of alkyl halides is 6. The smallest absolute Gasteiger partial charge is 0.475 e. The molecule has 2 atom stereocenters. The van der Waals surface area contributed by atoms with Crippen LogP contribution in [0.25, 0.3) is 0 Å². The number of amides is 6. The van der Waals surface area contributed by atoms with Gasteiger partial charge in [0.15, 0.2) is 11.9 Å². The summed E-state index contributed by atoms with van der Waals surface area (Å²) in [5.41, 5.74) is 27.2. The molecule has 0 fully saturated rings. The van der Waals surface area contributed by atoms with Gasteiger partial charge in [-0.3, -0.25) is 38.8 Å². The summed E-state index contributed by atoms with van der Waals surface area (Å²) in [5.74, 6) is -8.18. The van der Waals surface area contributed by atoms with E-state index in [9.17, 15) is 55.1 Å². The number of carbonyl (C=O) groups excluding carboxylic acids is 6. The Kier molecular flexibility index (Phi) is 50.5. The lowest BCUT2D eigenvalue weighted by atomic mass is 10.0. The molecule has 0 aromatic rings. The fourth-order valence-corrected chi connectivity index (χ4v) is 7.93. The average Bonchev–Trinajstić information content (AvgIpc) is 3.40. The first-order chi connectivity index (χ1) is 38.7. The normalized spacial score (nSPS) is 11.7. The van der Waals surface area contributed by atoms with E-state index in [4.69, 9.17) is 48.5 Å². The Morgan fingerprint density at radius 1 is 0.439 bits per heavy atom. The summed E-state index contributed by atoms with van der Waals surface area (Å²) in [7, 11) is 0. The lowest BCUT2D eigenvalue weighted by Crippen LogP contribution is -2.53. The first kappa shape index (κ1) is 80.1. The standard InChI is InChI=1S/C50H98N12O6.2C2HF3O2/c1-3-5-7-9-11-13-15-17-19-21-23-25-31-43(63)56-37-39-62(40-38-57-44(64)32-26-24-22-20-18-16-14-12-10-8-6-4-2)46(66)34-33-45(65)60-42(30-28-36-59-50(54)55)48(68)61-41(47(51)67)29-27-35-58-49(52)53;2*3-2(4,5)1(6)7/h41-42H,3-40H2,1-2H3,(H2,51,67)(H,56,63)(H,57,64)(H,60,65)(H,61,68)(H4,52,53,58)(H4,54,55,59);2*(H,6,7)/t41-,42-;;/m0../s1. The molecule has 0 aliphatic heterocycles. The number of guanidine groups is 2. The summed E-state index contributed by atoms with van der Waals surface area (Å²) in [6.45, 7) is 5.75. The number of nitrogens with two attached hydrogens (primary N) is 5. The Morgan fingerprint density at radius 3 is 1.06 bits per heavy atom. The molecular formula is C54H100F6N12O10. The number of nitrogens with one attached hydrogen (secondary N) is 4. The fourth-order valence-electron chi connectivity index (χ4n) is 7.93. The van der Waals surface area contributed by atoms with Crippen molar-refractivity contribution in [2.75, 3.05) is 39.3 Å². The van der Waals surface area contributed by atoms with Gasteiger partial charge in [-0.15, -0.1) is 0 Å². The Hall–Kier alpha value is -6.12. The van der Waals surface area contributed by atoms with E-state index in [1.165, 1.54) is 116 Å². The third kappa shape index (κ3) is 54.5. The number of primary amides is 1. The second-order valence-corrected chi connectivity index (χ2v) is 19.9. The van der Waals surface area contributed by atoms with Gasteiger partial charge in [0.1, 0.15) is 12.1 Å². The monoisotopic (exact) mass is 1190 g/mol. The number of unbranched alkanes of at least 4 members (excludes halogenated alkanes) is 22. The molecule has 0 spiro atoms. The van der Waals surface area contributed by atoms with Gasteiger partial charge in [-0.25, -0.2) is 9.59 Å². The number of aliphatic imine (C=N–C) groups is 2. The highest BCUT2D eigenvalue weighted by Crippen LogP contribution is 2.16. The Morgan fingerprint density at radius 2 is 0.756 bits per heavy atom. The van der Waals surface area contributed by atoms with Crippen molar-refractivity contribution < 1.29 is 74.9 Å². The van der Waals surface area contributed by atoms with Crippen molar-refractivity contribution in [3.05, 3.63) is 0 Å². The summed E-state index contributed by atoms with van der Waals surface area (Å²) in [5, 5.41) is 25.4. The summed E-state index contributed by atoms with van der Waals surface area (Å²) in [6, 6.07) is -2.12. The third-order valence-corrected chi connectivity index (χ3v) is 12.5. The van der Waals surface area contributed by atoms with E-state index in [-0.39, 0.29) is 94.6 Å².